The largest absolute Gasteiger partial charge is 0.398 e. The highest BCUT2D eigenvalue weighted by molar-refractivity contribution is 6.05. The van der Waals surface area contributed by atoms with Gasteiger partial charge in [-0.2, -0.15) is 0 Å². The molecule has 2 aromatic carbocycles. The molecule has 0 spiro atoms. The normalized spacial score (nSPS) is 11.0. The summed E-state index contributed by atoms with van der Waals surface area (Å²) in [4.78, 5) is 28.2. The van der Waals surface area contributed by atoms with Crippen LogP contribution in [-0.2, 0) is 6.42 Å². The van der Waals surface area contributed by atoms with Crippen molar-refractivity contribution in [2.45, 2.75) is 58.3 Å². The maximum Gasteiger partial charge on any atom is 0.261 e. The molecule has 0 radical (unpaired) electrons. The number of unbranched alkanes of at least 4 members (excludes halogenated alkanes) is 6. The minimum atomic E-state index is -0.443. The van der Waals surface area contributed by atoms with Gasteiger partial charge in [0.1, 0.15) is 5.56 Å². The molecule has 158 valence electrons. The predicted octanol–water partition coefficient (Wildman–Crippen LogP) is 5.66. The van der Waals surface area contributed by atoms with E-state index >= 15 is 0 Å². The van der Waals surface area contributed by atoms with Crippen LogP contribution in [-0.4, -0.2) is 10.9 Å². The third-order valence-electron chi connectivity index (χ3n) is 5.49. The molecule has 4 N–H and O–H groups in total. The molecular formula is C25H31N3O2. The molecule has 0 saturated heterocycles. The molecule has 0 aliphatic rings. The van der Waals surface area contributed by atoms with Crippen molar-refractivity contribution in [2.24, 2.45) is 0 Å². The monoisotopic (exact) mass is 405 g/mol. The van der Waals surface area contributed by atoms with E-state index < -0.39 is 5.91 Å². The maximum absolute atomic E-state index is 12.6. The number of H-pyrrole nitrogens is 1. The van der Waals surface area contributed by atoms with Crippen LogP contribution in [0.15, 0.2) is 53.5 Å². The summed E-state index contributed by atoms with van der Waals surface area (Å²) < 4.78 is 0. The van der Waals surface area contributed by atoms with Crippen LogP contribution in [0, 0.1) is 0 Å². The van der Waals surface area contributed by atoms with Crippen molar-refractivity contribution < 1.29 is 4.79 Å². The summed E-state index contributed by atoms with van der Waals surface area (Å²) in [7, 11) is 0. The average Bonchev–Trinajstić information content (AvgIpc) is 2.75. The summed E-state index contributed by atoms with van der Waals surface area (Å²) in [5.41, 5.74) is 9.07. The van der Waals surface area contributed by atoms with E-state index in [0.29, 0.717) is 22.3 Å². The standard InChI is InChI=1S/C25H31N3O2/c1-2-3-4-5-6-7-8-11-18-14-15-19(16-22(18)26)28-25(30)21-17-27-23-13-10-9-12-20(23)24(21)29/h9-10,12-17H,2-8,11,26H2,1H3,(H,27,29)(H,28,30). The van der Waals surface area contributed by atoms with Gasteiger partial charge in [-0.15, -0.1) is 0 Å². The molecule has 5 nitrogen and oxygen atoms in total. The summed E-state index contributed by atoms with van der Waals surface area (Å²) in [6.07, 6.45) is 11.2. The molecule has 3 rings (SSSR count). The van der Waals surface area contributed by atoms with Crippen LogP contribution < -0.4 is 16.5 Å². The van der Waals surface area contributed by atoms with Crippen molar-refractivity contribution in [1.82, 2.24) is 4.98 Å². The number of carbonyl (C=O) groups excluding carboxylic acids is 1. The van der Waals surface area contributed by atoms with Crippen molar-refractivity contribution in [3.8, 4) is 0 Å². The highest BCUT2D eigenvalue weighted by Crippen LogP contribution is 2.21. The summed E-state index contributed by atoms with van der Waals surface area (Å²) in [5, 5.41) is 3.28. The Morgan fingerprint density at radius 2 is 1.73 bits per heavy atom. The van der Waals surface area contributed by atoms with Gasteiger partial charge in [0.15, 0.2) is 0 Å². The number of rotatable bonds is 10. The predicted molar refractivity (Wildman–Crippen MR) is 125 cm³/mol. The number of fused-ring (bicyclic) bond motifs is 1. The van der Waals surface area contributed by atoms with Crippen LogP contribution in [0.5, 0.6) is 0 Å². The van der Waals surface area contributed by atoms with Crippen LogP contribution in [0.4, 0.5) is 11.4 Å². The van der Waals surface area contributed by atoms with Crippen molar-refractivity contribution in [3.05, 3.63) is 70.0 Å². The smallest absolute Gasteiger partial charge is 0.261 e. The second-order valence-electron chi connectivity index (χ2n) is 7.82. The molecule has 0 saturated carbocycles. The molecule has 1 heterocycles. The number of nitrogens with one attached hydrogen (secondary N) is 2. The summed E-state index contributed by atoms with van der Waals surface area (Å²) in [5.74, 6) is -0.443. The van der Waals surface area contributed by atoms with Crippen LogP contribution in [0.1, 0.15) is 67.8 Å². The van der Waals surface area contributed by atoms with Crippen LogP contribution >= 0.6 is 0 Å². The van der Waals surface area contributed by atoms with Crippen molar-refractivity contribution in [2.75, 3.05) is 11.1 Å². The second-order valence-corrected chi connectivity index (χ2v) is 7.82. The van der Waals surface area contributed by atoms with Gasteiger partial charge < -0.3 is 16.0 Å². The lowest BCUT2D eigenvalue weighted by Crippen LogP contribution is -2.22. The van der Waals surface area contributed by atoms with Gasteiger partial charge in [0.2, 0.25) is 5.43 Å². The van der Waals surface area contributed by atoms with Gasteiger partial charge >= 0.3 is 0 Å². The van der Waals surface area contributed by atoms with E-state index in [-0.39, 0.29) is 11.0 Å². The fourth-order valence-electron chi connectivity index (χ4n) is 3.71. The lowest BCUT2D eigenvalue weighted by molar-refractivity contribution is 0.102. The van der Waals surface area contributed by atoms with Gasteiger partial charge in [-0.25, -0.2) is 0 Å². The molecule has 5 heteroatoms. The topological polar surface area (TPSA) is 88.0 Å². The molecule has 1 amide bonds. The number of para-hydroxylation sites is 1. The minimum absolute atomic E-state index is 0.0828. The Morgan fingerprint density at radius 1 is 1.00 bits per heavy atom. The highest BCUT2D eigenvalue weighted by Gasteiger charge is 2.13. The van der Waals surface area contributed by atoms with E-state index in [1.165, 1.54) is 44.7 Å². The number of hydrogen-bond acceptors (Lipinski definition) is 3. The number of aromatic amines is 1. The van der Waals surface area contributed by atoms with Crippen molar-refractivity contribution in [3.63, 3.8) is 0 Å². The first-order valence-electron chi connectivity index (χ1n) is 10.9. The van der Waals surface area contributed by atoms with Crippen LogP contribution in [0.2, 0.25) is 0 Å². The molecule has 3 aromatic rings. The first-order valence-corrected chi connectivity index (χ1v) is 10.9. The molecule has 0 atom stereocenters. The first-order chi connectivity index (χ1) is 14.6. The lowest BCUT2D eigenvalue weighted by Gasteiger charge is -2.10. The number of aryl methyl sites for hydroxylation is 1. The van der Waals surface area contributed by atoms with Crippen molar-refractivity contribution >= 4 is 28.2 Å². The number of anilines is 2. The molecule has 0 fully saturated rings. The number of hydrogen-bond donors (Lipinski definition) is 3. The Morgan fingerprint density at radius 3 is 2.50 bits per heavy atom. The number of benzene rings is 2. The quantitative estimate of drug-likeness (QED) is 0.300. The summed E-state index contributed by atoms with van der Waals surface area (Å²) >= 11 is 0. The number of carbonyl (C=O) groups is 1. The van der Waals surface area contributed by atoms with Crippen LogP contribution in [0.3, 0.4) is 0 Å². The molecule has 0 aliphatic heterocycles. The molecular weight excluding hydrogens is 374 g/mol. The summed E-state index contributed by atoms with van der Waals surface area (Å²) in [6, 6.07) is 12.7. The van der Waals surface area contributed by atoms with Gasteiger partial charge in [-0.05, 0) is 42.7 Å². The van der Waals surface area contributed by atoms with E-state index in [0.717, 1.165) is 18.4 Å². The molecule has 0 aliphatic carbocycles. The number of amides is 1. The van der Waals surface area contributed by atoms with Gasteiger partial charge in [-0.1, -0.05) is 63.6 Å². The minimum Gasteiger partial charge on any atom is -0.398 e. The zero-order valence-electron chi connectivity index (χ0n) is 17.7. The Kier molecular flexibility index (Phi) is 7.66. The number of pyridine rings is 1. The van der Waals surface area contributed by atoms with Crippen molar-refractivity contribution in [1.29, 1.82) is 0 Å². The highest BCUT2D eigenvalue weighted by atomic mass is 16.2. The summed E-state index contributed by atoms with van der Waals surface area (Å²) in [6.45, 7) is 2.23. The van der Waals surface area contributed by atoms with E-state index in [1.54, 1.807) is 18.2 Å². The van der Waals surface area contributed by atoms with Crippen LogP contribution in [0.25, 0.3) is 10.9 Å². The van der Waals surface area contributed by atoms with Gasteiger partial charge in [0.25, 0.3) is 5.91 Å². The molecule has 30 heavy (non-hydrogen) atoms. The third-order valence-corrected chi connectivity index (χ3v) is 5.49. The zero-order valence-corrected chi connectivity index (χ0v) is 17.7. The Hall–Kier alpha value is -3.08. The maximum atomic E-state index is 12.6. The fraction of sp³-hybridized carbons (Fsp3) is 0.360. The molecule has 0 unspecified atom stereocenters. The Labute approximate surface area is 177 Å². The molecule has 0 bridgehead atoms. The number of nitrogens with two attached hydrogens (primary N) is 1. The average molecular weight is 406 g/mol. The molecule has 1 aromatic heterocycles. The Balaban J connectivity index is 1.58. The SMILES string of the molecule is CCCCCCCCCc1ccc(NC(=O)c2c[nH]c3ccccc3c2=O)cc1N. The van der Waals surface area contributed by atoms with Gasteiger partial charge in [-0.3, -0.25) is 9.59 Å². The number of nitrogen functional groups attached to an aromatic ring is 1. The fourth-order valence-corrected chi connectivity index (χ4v) is 3.71. The number of aromatic nitrogens is 1. The zero-order chi connectivity index (χ0) is 21.3. The van der Waals surface area contributed by atoms with E-state index in [1.807, 2.05) is 24.3 Å². The lowest BCUT2D eigenvalue weighted by atomic mass is 10.0. The third kappa shape index (κ3) is 5.50. The van der Waals surface area contributed by atoms with Gasteiger partial charge in [0, 0.05) is 28.5 Å². The van der Waals surface area contributed by atoms with E-state index in [9.17, 15) is 9.59 Å². The second kappa shape index (κ2) is 10.6. The van der Waals surface area contributed by atoms with E-state index in [4.69, 9.17) is 5.73 Å². The van der Waals surface area contributed by atoms with Gasteiger partial charge in [0.05, 0.1) is 0 Å². The van der Waals surface area contributed by atoms with E-state index in [2.05, 4.69) is 17.2 Å². The Bertz CT molecular complexity index is 1060. The first kappa shape index (κ1) is 21.6.